The quantitative estimate of drug-likeness (QED) is 0.670. The van der Waals surface area contributed by atoms with Gasteiger partial charge in [0.1, 0.15) is 11.8 Å². The average Bonchev–Trinajstić information content (AvgIpc) is 2.98. The number of aromatic nitrogens is 4. The predicted octanol–water partition coefficient (Wildman–Crippen LogP) is 2.80. The van der Waals surface area contributed by atoms with E-state index in [2.05, 4.69) is 39.3 Å². The van der Waals surface area contributed by atoms with Crippen molar-refractivity contribution >= 4 is 16.9 Å². The Bertz CT molecular complexity index is 828. The summed E-state index contributed by atoms with van der Waals surface area (Å²) in [6.45, 7) is 4.68. The molecule has 3 rings (SSSR count). The molecule has 7 nitrogen and oxygen atoms in total. The molecule has 7 heteroatoms. The molecule has 0 bridgehead atoms. The molecule has 2 heterocycles. The highest BCUT2D eigenvalue weighted by atomic mass is 16.5. The fraction of sp³-hybridized carbons (Fsp3) is 0.312. The van der Waals surface area contributed by atoms with Crippen molar-refractivity contribution in [1.82, 2.24) is 20.2 Å². The first kappa shape index (κ1) is 15.1. The summed E-state index contributed by atoms with van der Waals surface area (Å²) in [7, 11) is 1.52. The molecule has 1 aromatic carbocycles. The average molecular weight is 313 g/mol. The standard InChI is InChI=1S/C16H19N5O2/c1-9(2)13-14-15(21-20-13)16(19-8-18-14)17-7-10-4-5-12(23-3)11(22)6-10/h4-6,8-9,22H,7H2,1-3H3,(H,20,21)(H,17,18,19). The van der Waals surface area contributed by atoms with Crippen LogP contribution in [0.5, 0.6) is 11.5 Å². The highest BCUT2D eigenvalue weighted by molar-refractivity contribution is 5.86. The molecule has 0 amide bonds. The second-order valence-electron chi connectivity index (χ2n) is 5.57. The van der Waals surface area contributed by atoms with Crippen LogP contribution in [0.15, 0.2) is 24.5 Å². The second-order valence-corrected chi connectivity index (χ2v) is 5.57. The lowest BCUT2D eigenvalue weighted by molar-refractivity contribution is 0.373. The molecule has 0 fully saturated rings. The Labute approximate surface area is 133 Å². The maximum atomic E-state index is 9.83. The molecule has 0 aliphatic rings. The Balaban J connectivity index is 1.83. The smallest absolute Gasteiger partial charge is 0.160 e. The van der Waals surface area contributed by atoms with Gasteiger partial charge in [0.25, 0.3) is 0 Å². The lowest BCUT2D eigenvalue weighted by atomic mass is 10.1. The number of methoxy groups -OCH3 is 1. The van der Waals surface area contributed by atoms with Crippen LogP contribution in [0, 0.1) is 0 Å². The molecule has 2 aromatic heterocycles. The van der Waals surface area contributed by atoms with Crippen LogP contribution in [0.4, 0.5) is 5.82 Å². The number of fused-ring (bicyclic) bond motifs is 1. The molecule has 3 aromatic rings. The predicted molar refractivity (Wildman–Crippen MR) is 87.8 cm³/mol. The van der Waals surface area contributed by atoms with Gasteiger partial charge >= 0.3 is 0 Å². The van der Waals surface area contributed by atoms with Crippen LogP contribution in [-0.2, 0) is 6.54 Å². The van der Waals surface area contributed by atoms with Gasteiger partial charge in [-0.15, -0.1) is 0 Å². The van der Waals surface area contributed by atoms with Crippen molar-refractivity contribution in [2.45, 2.75) is 26.3 Å². The van der Waals surface area contributed by atoms with E-state index in [1.165, 1.54) is 13.4 Å². The van der Waals surface area contributed by atoms with Crippen LogP contribution in [0.3, 0.4) is 0 Å². The third-order valence-electron chi connectivity index (χ3n) is 3.65. The number of phenolic OH excluding ortho intramolecular Hbond substituents is 1. The Morgan fingerprint density at radius 2 is 2.09 bits per heavy atom. The van der Waals surface area contributed by atoms with Crippen LogP contribution < -0.4 is 10.1 Å². The number of hydrogen-bond acceptors (Lipinski definition) is 6. The zero-order valence-electron chi connectivity index (χ0n) is 13.3. The van der Waals surface area contributed by atoms with Crippen LogP contribution in [-0.4, -0.2) is 32.4 Å². The Kier molecular flexibility index (Phi) is 4.01. The number of nitrogens with zero attached hydrogens (tertiary/aromatic N) is 3. The molecule has 0 spiro atoms. The number of aromatic hydroxyl groups is 1. The lowest BCUT2D eigenvalue weighted by Gasteiger charge is -2.08. The molecular weight excluding hydrogens is 294 g/mol. The van der Waals surface area contributed by atoms with Gasteiger partial charge in [0.05, 0.1) is 12.8 Å². The minimum absolute atomic E-state index is 0.112. The van der Waals surface area contributed by atoms with Gasteiger partial charge in [-0.25, -0.2) is 9.97 Å². The fourth-order valence-electron chi connectivity index (χ4n) is 2.41. The van der Waals surface area contributed by atoms with Crippen LogP contribution in [0.25, 0.3) is 11.0 Å². The zero-order chi connectivity index (χ0) is 16.4. The number of nitrogens with one attached hydrogen (secondary N) is 2. The SMILES string of the molecule is COc1ccc(CNc2ncnc3c(C(C)C)[nH]nc23)cc1O. The number of H-pyrrole nitrogens is 1. The number of rotatable bonds is 5. The van der Waals surface area contributed by atoms with Crippen LogP contribution in [0.1, 0.15) is 31.0 Å². The molecule has 120 valence electrons. The first-order valence-electron chi connectivity index (χ1n) is 7.39. The van der Waals surface area contributed by atoms with E-state index >= 15 is 0 Å². The maximum absolute atomic E-state index is 9.83. The normalized spacial score (nSPS) is 11.1. The number of benzene rings is 1. The Morgan fingerprint density at radius 1 is 1.26 bits per heavy atom. The molecule has 0 aliphatic heterocycles. The summed E-state index contributed by atoms with van der Waals surface area (Å²) in [5.74, 6) is 1.53. The van der Waals surface area contributed by atoms with E-state index in [4.69, 9.17) is 4.74 Å². The Morgan fingerprint density at radius 3 is 2.78 bits per heavy atom. The van der Waals surface area contributed by atoms with E-state index in [0.717, 1.165) is 16.8 Å². The van der Waals surface area contributed by atoms with Gasteiger partial charge < -0.3 is 15.2 Å². The summed E-state index contributed by atoms with van der Waals surface area (Å²) in [4.78, 5) is 8.57. The molecule has 0 aliphatic carbocycles. The number of hydrogen-bond donors (Lipinski definition) is 3. The van der Waals surface area contributed by atoms with E-state index < -0.39 is 0 Å². The van der Waals surface area contributed by atoms with Crippen molar-refractivity contribution in [3.05, 3.63) is 35.8 Å². The van der Waals surface area contributed by atoms with Crippen molar-refractivity contribution in [1.29, 1.82) is 0 Å². The van der Waals surface area contributed by atoms with Gasteiger partial charge in [0, 0.05) is 6.54 Å². The molecule has 0 unspecified atom stereocenters. The van der Waals surface area contributed by atoms with Crippen molar-refractivity contribution < 1.29 is 9.84 Å². The van der Waals surface area contributed by atoms with E-state index in [1.54, 1.807) is 12.1 Å². The van der Waals surface area contributed by atoms with Crippen LogP contribution >= 0.6 is 0 Å². The first-order valence-corrected chi connectivity index (χ1v) is 7.39. The number of phenols is 1. The van der Waals surface area contributed by atoms with Crippen molar-refractivity contribution in [3.63, 3.8) is 0 Å². The van der Waals surface area contributed by atoms with E-state index in [0.29, 0.717) is 29.5 Å². The number of aromatic amines is 1. The van der Waals surface area contributed by atoms with Gasteiger partial charge in [0.15, 0.2) is 22.8 Å². The van der Waals surface area contributed by atoms with Crippen molar-refractivity contribution in [3.8, 4) is 11.5 Å². The van der Waals surface area contributed by atoms with Crippen molar-refractivity contribution in [2.24, 2.45) is 0 Å². The maximum Gasteiger partial charge on any atom is 0.160 e. The molecule has 23 heavy (non-hydrogen) atoms. The summed E-state index contributed by atoms with van der Waals surface area (Å²) < 4.78 is 5.04. The Hall–Kier alpha value is -2.83. The van der Waals surface area contributed by atoms with E-state index in [-0.39, 0.29) is 5.75 Å². The van der Waals surface area contributed by atoms with Gasteiger partial charge in [-0.2, -0.15) is 5.10 Å². The van der Waals surface area contributed by atoms with E-state index in [1.807, 2.05) is 6.07 Å². The minimum atomic E-state index is 0.112. The summed E-state index contributed by atoms with van der Waals surface area (Å²) >= 11 is 0. The monoisotopic (exact) mass is 313 g/mol. The third-order valence-corrected chi connectivity index (χ3v) is 3.65. The van der Waals surface area contributed by atoms with Gasteiger partial charge in [-0.1, -0.05) is 19.9 Å². The molecule has 0 atom stereocenters. The number of ether oxygens (including phenoxy) is 1. The fourth-order valence-corrected chi connectivity index (χ4v) is 2.41. The lowest BCUT2D eigenvalue weighted by Crippen LogP contribution is -2.02. The largest absolute Gasteiger partial charge is 0.504 e. The molecule has 0 saturated carbocycles. The van der Waals surface area contributed by atoms with Crippen LogP contribution in [0.2, 0.25) is 0 Å². The van der Waals surface area contributed by atoms with Crippen molar-refractivity contribution in [2.75, 3.05) is 12.4 Å². The third kappa shape index (κ3) is 2.90. The highest BCUT2D eigenvalue weighted by Crippen LogP contribution is 2.27. The second kappa shape index (κ2) is 6.12. The van der Waals surface area contributed by atoms with Gasteiger partial charge in [-0.3, -0.25) is 5.10 Å². The summed E-state index contributed by atoms with van der Waals surface area (Å²) in [6.07, 6.45) is 1.53. The topological polar surface area (TPSA) is 96.0 Å². The van der Waals surface area contributed by atoms with E-state index in [9.17, 15) is 5.11 Å². The summed E-state index contributed by atoms with van der Waals surface area (Å²) in [5.41, 5.74) is 3.45. The van der Waals surface area contributed by atoms with Gasteiger partial charge in [-0.05, 0) is 23.6 Å². The summed E-state index contributed by atoms with van der Waals surface area (Å²) in [5, 5.41) is 20.4. The minimum Gasteiger partial charge on any atom is -0.504 e. The molecular formula is C16H19N5O2. The molecule has 0 radical (unpaired) electrons. The highest BCUT2D eigenvalue weighted by Gasteiger charge is 2.14. The number of anilines is 1. The first-order chi connectivity index (χ1) is 11.1. The summed E-state index contributed by atoms with van der Waals surface area (Å²) in [6, 6.07) is 5.27. The zero-order valence-corrected chi connectivity index (χ0v) is 13.3. The van der Waals surface area contributed by atoms with Gasteiger partial charge in [0.2, 0.25) is 0 Å². The molecule has 3 N–H and O–H groups in total. The molecule has 0 saturated heterocycles.